The fraction of sp³-hybridized carbons (Fsp3) is 0.310. The summed E-state index contributed by atoms with van der Waals surface area (Å²) in [5.41, 5.74) is 1.19. The van der Waals surface area contributed by atoms with Crippen LogP contribution in [0.1, 0.15) is 41.6 Å². The summed E-state index contributed by atoms with van der Waals surface area (Å²) in [6.45, 7) is 0. The Morgan fingerprint density at radius 3 is 2.09 bits per heavy atom. The van der Waals surface area contributed by atoms with Crippen molar-refractivity contribution in [1.82, 2.24) is 14.6 Å². The van der Waals surface area contributed by atoms with E-state index in [1.54, 1.807) is 24.3 Å². The zero-order chi connectivity index (χ0) is 31.8. The molecule has 3 aliphatic rings. The van der Waals surface area contributed by atoms with Crippen LogP contribution in [-0.4, -0.2) is 58.7 Å². The van der Waals surface area contributed by atoms with Gasteiger partial charge in [-0.15, -0.1) is 0 Å². The zero-order valence-electron chi connectivity index (χ0n) is 22.8. The first-order valence-corrected chi connectivity index (χ1v) is 16.5. The van der Waals surface area contributed by atoms with Gasteiger partial charge in [-0.1, -0.05) is 64.6 Å². The van der Waals surface area contributed by atoms with Crippen LogP contribution in [0.2, 0.25) is 20.4 Å². The van der Waals surface area contributed by atoms with E-state index < -0.39 is 45.9 Å². The van der Waals surface area contributed by atoms with Gasteiger partial charge in [0.2, 0.25) is 15.9 Å². The molecule has 2 amide bonds. The van der Waals surface area contributed by atoms with Crippen LogP contribution in [0.3, 0.4) is 0 Å². The number of sulfonamides is 1. The van der Waals surface area contributed by atoms with Crippen LogP contribution in [-0.2, 0) is 26.0 Å². The van der Waals surface area contributed by atoms with Gasteiger partial charge in [-0.25, -0.2) is 18.2 Å². The average molecular weight is 700 g/mol. The fourth-order valence-corrected chi connectivity index (χ4v) is 9.29. The molecule has 0 unspecified atom stereocenters. The molecule has 3 N–H and O–H groups in total. The van der Waals surface area contributed by atoms with Gasteiger partial charge in [-0.3, -0.25) is 9.59 Å². The molecule has 1 aliphatic carbocycles. The van der Waals surface area contributed by atoms with Gasteiger partial charge in [0, 0.05) is 23.7 Å². The van der Waals surface area contributed by atoms with Crippen LogP contribution in [0.15, 0.2) is 59.5 Å². The number of benzene rings is 2. The van der Waals surface area contributed by atoms with Crippen molar-refractivity contribution in [3.63, 3.8) is 0 Å². The number of pyridine rings is 1. The highest BCUT2D eigenvalue weighted by Gasteiger charge is 2.52. The number of aliphatic carboxylic acids is 1. The topological polar surface area (TPSA) is 146 Å². The number of hydrogen-bond donors (Lipinski definition) is 3. The van der Waals surface area contributed by atoms with Crippen molar-refractivity contribution in [3.05, 3.63) is 86.1 Å². The first-order valence-electron chi connectivity index (χ1n) is 13.6. The first-order chi connectivity index (χ1) is 20.8. The van der Waals surface area contributed by atoms with Crippen molar-refractivity contribution < 1.29 is 27.9 Å². The van der Waals surface area contributed by atoms with Crippen LogP contribution in [0.4, 0.5) is 5.69 Å². The summed E-state index contributed by atoms with van der Waals surface area (Å²) in [5, 5.41) is 15.2. The molecule has 2 atom stereocenters. The van der Waals surface area contributed by atoms with Crippen LogP contribution in [0, 0.1) is 5.92 Å². The molecule has 15 heteroatoms. The van der Waals surface area contributed by atoms with Crippen molar-refractivity contribution in [3.8, 4) is 0 Å². The molecule has 0 radical (unpaired) electrons. The molecule has 0 spiro atoms. The number of amides is 2. The second-order valence-corrected chi connectivity index (χ2v) is 14.0. The number of carboxylic acids is 1. The predicted molar refractivity (Wildman–Crippen MR) is 167 cm³/mol. The number of fused-ring (bicyclic) bond motifs is 3. The SMILES string of the molecule is O=C(Nc1ccc(C[C@H](NC(=O)[C@H]2C3CCC(CC3)N2S(=O)(=O)c2c(Cl)cccc2Cl)C(=O)O)cc1)c1cc(Cl)nc(Cl)c1. The summed E-state index contributed by atoms with van der Waals surface area (Å²) in [5.74, 6) is -2.75. The number of aromatic nitrogens is 1. The third kappa shape index (κ3) is 6.83. The molecule has 2 bridgehead atoms. The molecule has 232 valence electrons. The maximum atomic E-state index is 13.9. The smallest absolute Gasteiger partial charge is 0.326 e. The van der Waals surface area contributed by atoms with Crippen molar-refractivity contribution in [2.24, 2.45) is 5.92 Å². The molecule has 2 aromatic carbocycles. The Morgan fingerprint density at radius 2 is 1.52 bits per heavy atom. The van der Waals surface area contributed by atoms with Crippen LogP contribution in [0.25, 0.3) is 0 Å². The summed E-state index contributed by atoms with van der Waals surface area (Å²) in [6.07, 6.45) is 2.32. The fourth-order valence-electron chi connectivity index (χ4n) is 5.83. The summed E-state index contributed by atoms with van der Waals surface area (Å²) in [4.78, 5) is 42.0. The van der Waals surface area contributed by atoms with E-state index in [0.29, 0.717) is 36.9 Å². The number of hydrogen-bond acceptors (Lipinski definition) is 6. The van der Waals surface area contributed by atoms with E-state index in [1.165, 1.54) is 34.6 Å². The van der Waals surface area contributed by atoms with Crippen molar-refractivity contribution >= 4 is 79.9 Å². The summed E-state index contributed by atoms with van der Waals surface area (Å²) in [7, 11) is -4.29. The molecule has 10 nitrogen and oxygen atoms in total. The van der Waals surface area contributed by atoms with Crippen LogP contribution >= 0.6 is 46.4 Å². The molecule has 3 aromatic rings. The monoisotopic (exact) mass is 698 g/mol. The highest BCUT2D eigenvalue weighted by Crippen LogP contribution is 2.44. The summed E-state index contributed by atoms with van der Waals surface area (Å²) >= 11 is 24.3. The Hall–Kier alpha value is -2.93. The van der Waals surface area contributed by atoms with Gasteiger partial charge in [0.1, 0.15) is 27.3 Å². The van der Waals surface area contributed by atoms with Gasteiger partial charge in [0.05, 0.1) is 10.0 Å². The molecule has 2 saturated heterocycles. The van der Waals surface area contributed by atoms with Crippen molar-refractivity contribution in [2.45, 2.75) is 55.1 Å². The minimum Gasteiger partial charge on any atom is -0.480 e. The van der Waals surface area contributed by atoms with E-state index in [1.807, 2.05) is 0 Å². The van der Waals surface area contributed by atoms with Crippen LogP contribution in [0.5, 0.6) is 0 Å². The van der Waals surface area contributed by atoms with Gasteiger partial charge < -0.3 is 15.7 Å². The number of anilines is 1. The molecule has 3 fully saturated rings. The largest absolute Gasteiger partial charge is 0.480 e. The van der Waals surface area contributed by atoms with Crippen molar-refractivity contribution in [1.29, 1.82) is 0 Å². The van der Waals surface area contributed by atoms with E-state index in [2.05, 4.69) is 15.6 Å². The minimum atomic E-state index is -4.29. The first kappa shape index (κ1) is 32.5. The Bertz CT molecular complexity index is 1670. The molecule has 3 heterocycles. The quantitative estimate of drug-likeness (QED) is 0.243. The number of piperidine rings is 2. The molecule has 1 saturated carbocycles. The van der Waals surface area contributed by atoms with Gasteiger partial charge in [-0.2, -0.15) is 4.31 Å². The number of nitrogens with zero attached hydrogens (tertiary/aromatic N) is 2. The molecular weight excluding hydrogens is 674 g/mol. The number of rotatable bonds is 9. The average Bonchev–Trinajstić information content (AvgIpc) is 2.97. The van der Waals surface area contributed by atoms with E-state index in [0.717, 1.165) is 0 Å². The maximum absolute atomic E-state index is 13.9. The number of halogens is 4. The Labute approximate surface area is 273 Å². The summed E-state index contributed by atoms with van der Waals surface area (Å²) in [6, 6.07) is 10.6. The Kier molecular flexibility index (Phi) is 9.74. The van der Waals surface area contributed by atoms with Gasteiger partial charge in [0.15, 0.2) is 0 Å². The number of carboxylic acid groups (broad SMARTS) is 1. The second-order valence-electron chi connectivity index (χ2n) is 10.7. The third-order valence-electron chi connectivity index (χ3n) is 7.84. The number of nitrogens with one attached hydrogen (secondary N) is 2. The maximum Gasteiger partial charge on any atom is 0.326 e. The highest BCUT2D eigenvalue weighted by molar-refractivity contribution is 7.89. The lowest BCUT2D eigenvalue weighted by Gasteiger charge is -2.49. The van der Waals surface area contributed by atoms with Crippen molar-refractivity contribution in [2.75, 3.05) is 5.32 Å². The lowest BCUT2D eigenvalue weighted by atomic mass is 9.76. The highest BCUT2D eigenvalue weighted by atomic mass is 35.5. The van der Waals surface area contributed by atoms with Crippen LogP contribution < -0.4 is 10.6 Å². The second kappa shape index (κ2) is 13.2. The molecule has 2 aliphatic heterocycles. The Morgan fingerprint density at radius 1 is 0.932 bits per heavy atom. The van der Waals surface area contributed by atoms with Gasteiger partial charge in [0.25, 0.3) is 5.91 Å². The molecular formula is C29H26Cl4N4O6S. The number of carbonyl (C=O) groups is 3. The lowest BCUT2D eigenvalue weighted by molar-refractivity contribution is -0.143. The molecule has 44 heavy (non-hydrogen) atoms. The van der Waals surface area contributed by atoms with E-state index >= 15 is 0 Å². The predicted octanol–water partition coefficient (Wildman–Crippen LogP) is 5.69. The van der Waals surface area contributed by atoms with Gasteiger partial charge in [-0.05, 0) is 73.6 Å². The van der Waals surface area contributed by atoms with E-state index in [9.17, 15) is 27.9 Å². The number of carbonyl (C=O) groups excluding carboxylic acids is 2. The normalized spacial score (nSPS) is 20.6. The van der Waals surface area contributed by atoms with E-state index in [4.69, 9.17) is 46.4 Å². The molecule has 1 aromatic heterocycles. The van der Waals surface area contributed by atoms with Gasteiger partial charge >= 0.3 is 5.97 Å². The van der Waals surface area contributed by atoms with E-state index in [-0.39, 0.29) is 43.1 Å². The third-order valence-corrected chi connectivity index (χ3v) is 11.1. The summed E-state index contributed by atoms with van der Waals surface area (Å²) < 4.78 is 29.0. The molecule has 6 rings (SSSR count). The standard InChI is InChI=1S/C29H26Cl4N4O6S/c30-20-2-1-3-21(31)26(20)44(42,43)37-19-10-6-16(7-11-19)25(37)28(39)35-22(29(40)41)12-15-4-8-18(9-5-15)34-27(38)17-13-23(32)36-24(33)14-17/h1-5,8-9,13-14,16,19,22,25H,6-7,10-12H2,(H,34,38)(H,35,39)(H,40,41)/t16?,19?,22-,25+/m0/s1. The zero-order valence-corrected chi connectivity index (χ0v) is 26.7. The lowest BCUT2D eigenvalue weighted by Crippen LogP contribution is -2.63. The minimum absolute atomic E-state index is 0.0606. The Balaban J connectivity index is 1.32.